The van der Waals surface area contributed by atoms with Crippen molar-refractivity contribution in [1.29, 1.82) is 0 Å². The molecule has 1 aromatic carbocycles. The van der Waals surface area contributed by atoms with Gasteiger partial charge in [-0.1, -0.05) is 25.4 Å². The number of oxazole rings is 1. The third-order valence-electron chi connectivity index (χ3n) is 3.67. The Morgan fingerprint density at radius 1 is 1.22 bits per heavy atom. The van der Waals surface area contributed by atoms with Gasteiger partial charge in [-0.3, -0.25) is 9.59 Å². The second-order valence-corrected chi connectivity index (χ2v) is 6.38. The molecule has 0 atom stereocenters. The molecule has 0 aliphatic rings. The van der Waals surface area contributed by atoms with E-state index in [1.807, 2.05) is 13.8 Å². The first-order valence-corrected chi connectivity index (χ1v) is 9.30. The zero-order valence-corrected chi connectivity index (χ0v) is 16.3. The number of ether oxygens (including phenoxy) is 1. The van der Waals surface area contributed by atoms with Crippen LogP contribution in [0.15, 0.2) is 34.9 Å². The Morgan fingerprint density at radius 3 is 2.63 bits per heavy atom. The van der Waals surface area contributed by atoms with E-state index in [9.17, 15) is 9.59 Å². The molecule has 1 heterocycles. The number of amides is 2. The maximum absolute atomic E-state index is 12.5. The van der Waals surface area contributed by atoms with Crippen LogP contribution in [0.5, 0.6) is 5.75 Å². The van der Waals surface area contributed by atoms with Crippen molar-refractivity contribution in [3.05, 3.63) is 47.1 Å². The Bertz CT molecular complexity index is 746. The van der Waals surface area contributed by atoms with Crippen molar-refractivity contribution in [2.75, 3.05) is 19.7 Å². The van der Waals surface area contributed by atoms with E-state index < -0.39 is 0 Å². The van der Waals surface area contributed by atoms with E-state index in [1.54, 1.807) is 29.2 Å². The molecule has 0 radical (unpaired) electrons. The zero-order chi connectivity index (χ0) is 19.6. The third kappa shape index (κ3) is 6.60. The van der Waals surface area contributed by atoms with Gasteiger partial charge in [0.2, 0.25) is 5.89 Å². The number of rotatable bonds is 10. The van der Waals surface area contributed by atoms with Crippen LogP contribution in [0.1, 0.15) is 43.1 Å². The maximum Gasteiger partial charge on any atom is 0.273 e. The van der Waals surface area contributed by atoms with Crippen LogP contribution in [-0.4, -0.2) is 41.4 Å². The number of nitrogens with zero attached hydrogens (tertiary/aromatic N) is 2. The monoisotopic (exact) mass is 393 g/mol. The highest BCUT2D eigenvalue weighted by atomic mass is 35.5. The number of halogens is 1. The summed E-state index contributed by atoms with van der Waals surface area (Å²) in [6, 6.07) is 6.80. The van der Waals surface area contributed by atoms with Crippen molar-refractivity contribution in [2.24, 2.45) is 0 Å². The zero-order valence-electron chi connectivity index (χ0n) is 15.5. The van der Waals surface area contributed by atoms with Gasteiger partial charge in [0, 0.05) is 18.1 Å². The van der Waals surface area contributed by atoms with Gasteiger partial charge < -0.3 is 19.4 Å². The molecule has 2 aromatic rings. The van der Waals surface area contributed by atoms with Crippen LogP contribution in [0.3, 0.4) is 0 Å². The Morgan fingerprint density at radius 2 is 1.96 bits per heavy atom. The van der Waals surface area contributed by atoms with Crippen LogP contribution in [0.25, 0.3) is 0 Å². The fraction of sp³-hybridized carbons (Fsp3) is 0.421. The average molecular weight is 394 g/mol. The van der Waals surface area contributed by atoms with Gasteiger partial charge in [-0.2, -0.15) is 0 Å². The summed E-state index contributed by atoms with van der Waals surface area (Å²) in [7, 11) is 0. The fourth-order valence-electron chi connectivity index (χ4n) is 2.31. The van der Waals surface area contributed by atoms with Crippen molar-refractivity contribution in [1.82, 2.24) is 15.2 Å². The second kappa shape index (κ2) is 10.6. The van der Waals surface area contributed by atoms with Crippen molar-refractivity contribution >= 4 is 23.4 Å². The highest BCUT2D eigenvalue weighted by Crippen LogP contribution is 2.16. The molecule has 2 rings (SSSR count). The predicted octanol–water partition coefficient (Wildman–Crippen LogP) is 3.29. The van der Waals surface area contributed by atoms with Crippen molar-refractivity contribution < 1.29 is 18.7 Å². The molecule has 0 fully saturated rings. The minimum atomic E-state index is -0.286. The normalized spacial score (nSPS) is 10.5. The fourth-order valence-corrected chi connectivity index (χ4v) is 2.44. The number of hydrogen-bond acceptors (Lipinski definition) is 5. The Balaban J connectivity index is 1.93. The van der Waals surface area contributed by atoms with Gasteiger partial charge in [-0.05, 0) is 37.1 Å². The molecule has 27 heavy (non-hydrogen) atoms. The predicted molar refractivity (Wildman–Crippen MR) is 102 cm³/mol. The van der Waals surface area contributed by atoms with Gasteiger partial charge in [0.25, 0.3) is 11.8 Å². The molecule has 146 valence electrons. The molecular formula is C19H24ClN3O4. The number of aromatic nitrogens is 1. The molecule has 2 amide bonds. The Kier molecular flexibility index (Phi) is 8.13. The summed E-state index contributed by atoms with van der Waals surface area (Å²) >= 11 is 5.83. The molecule has 1 N–H and O–H groups in total. The summed E-state index contributed by atoms with van der Waals surface area (Å²) in [6.45, 7) is 5.12. The van der Waals surface area contributed by atoms with Gasteiger partial charge in [0.05, 0.1) is 6.54 Å². The van der Waals surface area contributed by atoms with E-state index in [0.29, 0.717) is 29.8 Å². The minimum absolute atomic E-state index is 0.105. The lowest BCUT2D eigenvalue weighted by atomic mass is 10.3. The van der Waals surface area contributed by atoms with E-state index in [-0.39, 0.29) is 30.7 Å². The van der Waals surface area contributed by atoms with Gasteiger partial charge in [0.15, 0.2) is 12.3 Å². The first kappa shape index (κ1) is 20.8. The summed E-state index contributed by atoms with van der Waals surface area (Å²) in [5.41, 5.74) is 0.208. The SMILES string of the molecule is CCCNC(=O)c1coc(CN(CCC)C(=O)COc2ccc(Cl)cc2)n1. The van der Waals surface area contributed by atoms with E-state index >= 15 is 0 Å². The lowest BCUT2D eigenvalue weighted by Crippen LogP contribution is -2.35. The lowest BCUT2D eigenvalue weighted by molar-refractivity contribution is -0.134. The topological polar surface area (TPSA) is 84.7 Å². The molecule has 0 saturated carbocycles. The summed E-state index contributed by atoms with van der Waals surface area (Å²) in [6.07, 6.45) is 2.92. The number of carbonyl (C=O) groups excluding carboxylic acids is 2. The molecule has 8 heteroatoms. The summed E-state index contributed by atoms with van der Waals surface area (Å²) in [5.74, 6) is 0.397. The molecule has 0 bridgehead atoms. The average Bonchev–Trinajstić information content (AvgIpc) is 3.14. The van der Waals surface area contributed by atoms with Crippen LogP contribution >= 0.6 is 11.6 Å². The Labute approximate surface area is 163 Å². The molecule has 0 unspecified atom stereocenters. The highest BCUT2D eigenvalue weighted by molar-refractivity contribution is 6.30. The van der Waals surface area contributed by atoms with Crippen molar-refractivity contribution in [3.63, 3.8) is 0 Å². The van der Waals surface area contributed by atoms with E-state index in [0.717, 1.165) is 12.8 Å². The van der Waals surface area contributed by atoms with Crippen molar-refractivity contribution in [3.8, 4) is 5.75 Å². The summed E-state index contributed by atoms with van der Waals surface area (Å²) < 4.78 is 10.9. The van der Waals surface area contributed by atoms with Crippen LogP contribution in [0.4, 0.5) is 0 Å². The molecule has 7 nitrogen and oxygen atoms in total. The molecule has 1 aromatic heterocycles. The maximum atomic E-state index is 12.5. The molecular weight excluding hydrogens is 370 g/mol. The number of nitrogens with one attached hydrogen (secondary N) is 1. The number of benzene rings is 1. The lowest BCUT2D eigenvalue weighted by Gasteiger charge is -2.20. The van der Waals surface area contributed by atoms with Gasteiger partial charge in [0.1, 0.15) is 12.0 Å². The Hall–Kier alpha value is -2.54. The highest BCUT2D eigenvalue weighted by Gasteiger charge is 2.18. The molecule has 0 aliphatic carbocycles. The largest absolute Gasteiger partial charge is 0.484 e. The van der Waals surface area contributed by atoms with Gasteiger partial charge >= 0.3 is 0 Å². The molecule has 0 saturated heterocycles. The first-order valence-electron chi connectivity index (χ1n) is 8.92. The van der Waals surface area contributed by atoms with Gasteiger partial charge in [-0.25, -0.2) is 4.98 Å². The quantitative estimate of drug-likeness (QED) is 0.669. The summed E-state index contributed by atoms with van der Waals surface area (Å²) in [5, 5.41) is 3.34. The number of hydrogen-bond donors (Lipinski definition) is 1. The molecule has 0 aliphatic heterocycles. The van der Waals surface area contributed by atoms with Crippen LogP contribution < -0.4 is 10.1 Å². The standard InChI is InChI=1S/C19H24ClN3O4/c1-3-9-21-19(25)16-12-27-17(22-16)11-23(10-4-2)18(24)13-26-15-7-5-14(20)6-8-15/h5-8,12H,3-4,9-11,13H2,1-2H3,(H,21,25). The third-order valence-corrected chi connectivity index (χ3v) is 3.92. The number of carbonyl (C=O) groups is 2. The summed E-state index contributed by atoms with van der Waals surface area (Å²) in [4.78, 5) is 30.1. The van der Waals surface area contributed by atoms with Crippen molar-refractivity contribution in [2.45, 2.75) is 33.2 Å². The van der Waals surface area contributed by atoms with E-state index in [1.165, 1.54) is 6.26 Å². The minimum Gasteiger partial charge on any atom is -0.484 e. The first-order chi connectivity index (χ1) is 13.0. The van der Waals surface area contributed by atoms with Crippen LogP contribution in [0, 0.1) is 0 Å². The van der Waals surface area contributed by atoms with E-state index in [2.05, 4.69) is 10.3 Å². The molecule has 0 spiro atoms. The van der Waals surface area contributed by atoms with Crippen LogP contribution in [-0.2, 0) is 11.3 Å². The van der Waals surface area contributed by atoms with Crippen LogP contribution in [0.2, 0.25) is 5.02 Å². The smallest absolute Gasteiger partial charge is 0.273 e. The van der Waals surface area contributed by atoms with E-state index in [4.69, 9.17) is 20.8 Å². The second-order valence-electron chi connectivity index (χ2n) is 5.94. The van der Waals surface area contributed by atoms with Gasteiger partial charge in [-0.15, -0.1) is 0 Å².